The number of H-pyrrole nitrogens is 1. The molecule has 92 valence electrons. The summed E-state index contributed by atoms with van der Waals surface area (Å²) in [6.45, 7) is 2.24. The van der Waals surface area contributed by atoms with E-state index in [0.29, 0.717) is 13.0 Å². The zero-order valence-corrected chi connectivity index (χ0v) is 9.86. The zero-order chi connectivity index (χ0) is 12.7. The molecule has 1 saturated heterocycles. The average molecular weight is 244 g/mol. The normalized spacial score (nSPS) is 16.2. The number of carbonyl (C=O) groups is 2. The van der Waals surface area contributed by atoms with Crippen LogP contribution < -0.4 is 10.2 Å². The highest BCUT2D eigenvalue weighted by atomic mass is 16.2. The molecule has 0 aliphatic carbocycles. The van der Waals surface area contributed by atoms with Crippen molar-refractivity contribution in [3.63, 3.8) is 0 Å². The molecule has 3 heterocycles. The fourth-order valence-corrected chi connectivity index (χ4v) is 2.13. The van der Waals surface area contributed by atoms with Crippen LogP contribution in [0.3, 0.4) is 0 Å². The quantitative estimate of drug-likeness (QED) is 0.794. The van der Waals surface area contributed by atoms with Crippen LogP contribution in [0.1, 0.15) is 12.1 Å². The third-order valence-corrected chi connectivity index (χ3v) is 3.04. The number of fused-ring (bicyclic) bond motifs is 1. The Morgan fingerprint density at radius 3 is 3.00 bits per heavy atom. The van der Waals surface area contributed by atoms with Crippen molar-refractivity contribution in [1.29, 1.82) is 0 Å². The van der Waals surface area contributed by atoms with Gasteiger partial charge in [-0.1, -0.05) is 0 Å². The van der Waals surface area contributed by atoms with Crippen LogP contribution in [0.5, 0.6) is 0 Å². The van der Waals surface area contributed by atoms with Crippen molar-refractivity contribution in [3.05, 3.63) is 24.0 Å². The number of amides is 3. The Kier molecular flexibility index (Phi) is 2.29. The Balaban J connectivity index is 2.05. The number of anilines is 1. The second kappa shape index (κ2) is 3.83. The van der Waals surface area contributed by atoms with Gasteiger partial charge in [-0.3, -0.25) is 15.0 Å². The molecule has 2 aromatic rings. The van der Waals surface area contributed by atoms with Crippen molar-refractivity contribution in [3.8, 4) is 0 Å². The van der Waals surface area contributed by atoms with Gasteiger partial charge in [-0.15, -0.1) is 0 Å². The molecule has 1 fully saturated rings. The largest absolute Gasteiger partial charge is 0.346 e. The number of pyridine rings is 1. The van der Waals surface area contributed by atoms with Crippen molar-refractivity contribution >= 4 is 28.7 Å². The number of carbonyl (C=O) groups excluding carboxylic acids is 2. The molecule has 2 N–H and O–H groups in total. The second-order valence-electron chi connectivity index (χ2n) is 4.26. The maximum atomic E-state index is 11.8. The highest BCUT2D eigenvalue weighted by Gasteiger charge is 2.25. The smallest absolute Gasteiger partial charge is 0.328 e. The van der Waals surface area contributed by atoms with Crippen molar-refractivity contribution in [2.45, 2.75) is 13.3 Å². The lowest BCUT2D eigenvalue weighted by Gasteiger charge is -2.27. The molecule has 1 aliphatic rings. The minimum absolute atomic E-state index is 0.232. The molecule has 3 rings (SSSR count). The van der Waals surface area contributed by atoms with Crippen LogP contribution in [0.4, 0.5) is 10.5 Å². The fourth-order valence-electron chi connectivity index (χ4n) is 2.13. The summed E-state index contributed by atoms with van der Waals surface area (Å²) >= 11 is 0. The topological polar surface area (TPSA) is 78.1 Å². The van der Waals surface area contributed by atoms with Crippen molar-refractivity contribution in [2.24, 2.45) is 0 Å². The van der Waals surface area contributed by atoms with E-state index in [0.717, 1.165) is 22.4 Å². The first-order valence-corrected chi connectivity index (χ1v) is 5.71. The fraction of sp³-hybridized carbons (Fsp3) is 0.250. The van der Waals surface area contributed by atoms with Crippen LogP contribution in [-0.2, 0) is 4.79 Å². The summed E-state index contributed by atoms with van der Waals surface area (Å²) in [6, 6.07) is 3.42. The summed E-state index contributed by atoms with van der Waals surface area (Å²) in [5.41, 5.74) is 2.30. The molecule has 18 heavy (non-hydrogen) atoms. The van der Waals surface area contributed by atoms with Crippen LogP contribution in [0.15, 0.2) is 18.3 Å². The van der Waals surface area contributed by atoms with E-state index >= 15 is 0 Å². The minimum Gasteiger partial charge on any atom is -0.346 e. The van der Waals surface area contributed by atoms with E-state index in [4.69, 9.17) is 0 Å². The third kappa shape index (κ3) is 1.62. The average Bonchev–Trinajstić information content (AvgIpc) is 2.75. The van der Waals surface area contributed by atoms with E-state index in [2.05, 4.69) is 15.3 Å². The second-order valence-corrected chi connectivity index (χ2v) is 4.26. The number of imide groups is 1. The highest BCUT2D eigenvalue weighted by Crippen LogP contribution is 2.24. The van der Waals surface area contributed by atoms with Gasteiger partial charge >= 0.3 is 6.03 Å². The first-order valence-electron chi connectivity index (χ1n) is 5.71. The first kappa shape index (κ1) is 10.8. The van der Waals surface area contributed by atoms with Gasteiger partial charge < -0.3 is 4.98 Å². The lowest BCUT2D eigenvalue weighted by atomic mass is 10.2. The summed E-state index contributed by atoms with van der Waals surface area (Å²) in [5, 5.41) is 3.25. The molecule has 0 spiro atoms. The summed E-state index contributed by atoms with van der Waals surface area (Å²) in [4.78, 5) is 31.9. The molecule has 0 saturated carbocycles. The van der Waals surface area contributed by atoms with Crippen LogP contribution in [-0.4, -0.2) is 28.5 Å². The maximum absolute atomic E-state index is 11.8. The Bertz CT molecular complexity index is 647. The summed E-state index contributed by atoms with van der Waals surface area (Å²) in [7, 11) is 0. The van der Waals surface area contributed by atoms with E-state index in [1.807, 2.05) is 19.1 Å². The molecule has 0 unspecified atom stereocenters. The van der Waals surface area contributed by atoms with Gasteiger partial charge in [-0.05, 0) is 19.1 Å². The predicted molar refractivity (Wildman–Crippen MR) is 66.3 cm³/mol. The third-order valence-electron chi connectivity index (χ3n) is 3.04. The number of nitrogens with one attached hydrogen (secondary N) is 2. The lowest BCUT2D eigenvalue weighted by molar-refractivity contribution is -0.120. The number of aryl methyl sites for hydroxylation is 1. The molecular formula is C12H12N4O2. The highest BCUT2D eigenvalue weighted by molar-refractivity contribution is 6.06. The number of urea groups is 1. The van der Waals surface area contributed by atoms with E-state index in [1.54, 1.807) is 11.1 Å². The Hall–Kier alpha value is -2.37. The number of rotatable bonds is 1. The molecule has 0 radical (unpaired) electrons. The molecule has 1 aliphatic heterocycles. The Morgan fingerprint density at radius 2 is 2.22 bits per heavy atom. The van der Waals surface area contributed by atoms with Gasteiger partial charge in [0.15, 0.2) is 0 Å². The molecule has 0 atom stereocenters. The van der Waals surface area contributed by atoms with E-state index in [1.165, 1.54) is 0 Å². The number of hydrogen-bond donors (Lipinski definition) is 2. The Labute approximate surface area is 103 Å². The SMILES string of the molecule is Cc1nc2[nH]ccc2cc1N1CCC(=O)NC1=O. The van der Waals surface area contributed by atoms with Gasteiger partial charge in [-0.2, -0.15) is 0 Å². The number of aromatic nitrogens is 2. The predicted octanol–water partition coefficient (Wildman–Crippen LogP) is 1.32. The molecule has 6 nitrogen and oxygen atoms in total. The van der Waals surface area contributed by atoms with Gasteiger partial charge in [-0.25, -0.2) is 9.78 Å². The number of hydrogen-bond acceptors (Lipinski definition) is 3. The van der Waals surface area contributed by atoms with Gasteiger partial charge in [0.25, 0.3) is 0 Å². The zero-order valence-electron chi connectivity index (χ0n) is 9.86. The lowest BCUT2D eigenvalue weighted by Crippen LogP contribution is -2.49. The van der Waals surface area contributed by atoms with Crippen LogP contribution in [0, 0.1) is 6.92 Å². The van der Waals surface area contributed by atoms with Crippen LogP contribution in [0.25, 0.3) is 11.0 Å². The van der Waals surface area contributed by atoms with Gasteiger partial charge in [0.05, 0.1) is 11.4 Å². The monoisotopic (exact) mass is 244 g/mol. The van der Waals surface area contributed by atoms with E-state index in [-0.39, 0.29) is 11.9 Å². The van der Waals surface area contributed by atoms with Crippen molar-refractivity contribution in [2.75, 3.05) is 11.4 Å². The number of aromatic amines is 1. The first-order chi connectivity index (χ1) is 8.65. The van der Waals surface area contributed by atoms with E-state index in [9.17, 15) is 9.59 Å². The van der Waals surface area contributed by atoms with Crippen LogP contribution >= 0.6 is 0 Å². The molecule has 3 amide bonds. The molecule has 2 aromatic heterocycles. The van der Waals surface area contributed by atoms with Gasteiger partial charge in [0, 0.05) is 24.5 Å². The standard InChI is InChI=1S/C12H12N4O2/c1-7-9(6-8-2-4-13-11(8)14-7)16-5-3-10(17)15-12(16)18/h2,4,6H,3,5H2,1H3,(H,13,14)(H,15,17,18). The molecule has 0 aromatic carbocycles. The van der Waals surface area contributed by atoms with E-state index < -0.39 is 0 Å². The minimum atomic E-state index is -0.383. The van der Waals surface area contributed by atoms with Crippen LogP contribution in [0.2, 0.25) is 0 Å². The molecule has 0 bridgehead atoms. The van der Waals surface area contributed by atoms with Crippen molar-refractivity contribution < 1.29 is 9.59 Å². The maximum Gasteiger partial charge on any atom is 0.328 e. The number of nitrogens with zero attached hydrogens (tertiary/aromatic N) is 2. The summed E-state index contributed by atoms with van der Waals surface area (Å²) in [6.07, 6.45) is 2.12. The summed E-state index contributed by atoms with van der Waals surface area (Å²) < 4.78 is 0. The van der Waals surface area contributed by atoms with Gasteiger partial charge in [0.1, 0.15) is 5.65 Å². The molecule has 6 heteroatoms. The Morgan fingerprint density at radius 1 is 1.39 bits per heavy atom. The van der Waals surface area contributed by atoms with Gasteiger partial charge in [0.2, 0.25) is 5.91 Å². The summed E-state index contributed by atoms with van der Waals surface area (Å²) in [5.74, 6) is -0.232. The van der Waals surface area contributed by atoms with Crippen molar-refractivity contribution in [1.82, 2.24) is 15.3 Å². The molecular weight excluding hydrogens is 232 g/mol.